The summed E-state index contributed by atoms with van der Waals surface area (Å²) >= 11 is 0. The molecule has 0 aromatic carbocycles. The first-order chi connectivity index (χ1) is 13.4. The lowest BCUT2D eigenvalue weighted by Gasteiger charge is -2.22. The normalized spacial score (nSPS) is 12.2. The van der Waals surface area contributed by atoms with Crippen molar-refractivity contribution in [1.29, 1.82) is 0 Å². The van der Waals surface area contributed by atoms with Gasteiger partial charge >= 0.3 is 0 Å². The molecule has 3 aromatic heterocycles. The number of nitrogens with one attached hydrogen (secondary N) is 1. The molecular weight excluding hydrogens is 350 g/mol. The van der Waals surface area contributed by atoms with Gasteiger partial charge in [-0.2, -0.15) is 5.10 Å². The fraction of sp³-hybridized carbons (Fsp3) is 0.476. The molecule has 0 fully saturated rings. The molecule has 0 saturated carbocycles. The standard InChI is InChI=1S/C21H31N7/c1-7-22-21(26(5)12-17-13-27(6)25-20(17)15(2)3)23-11-18-14-28-16(4)9-8-10-19(28)24-18/h8-10,13-15H,7,11-12H2,1-6H3,(H,22,23). The van der Waals surface area contributed by atoms with Crippen LogP contribution in [0.3, 0.4) is 0 Å². The van der Waals surface area contributed by atoms with E-state index < -0.39 is 0 Å². The summed E-state index contributed by atoms with van der Waals surface area (Å²) in [6.45, 7) is 10.6. The molecule has 0 bridgehead atoms. The minimum atomic E-state index is 0.394. The zero-order chi connectivity index (χ0) is 20.3. The highest BCUT2D eigenvalue weighted by molar-refractivity contribution is 5.79. The SMILES string of the molecule is CCNC(=NCc1cn2c(C)cccc2n1)N(C)Cc1cn(C)nc1C(C)C. The van der Waals surface area contributed by atoms with Gasteiger partial charge in [0.25, 0.3) is 0 Å². The second-order valence-electron chi connectivity index (χ2n) is 7.52. The third-order valence-corrected chi connectivity index (χ3v) is 4.72. The molecule has 7 heteroatoms. The molecule has 3 rings (SSSR count). The maximum atomic E-state index is 4.81. The number of pyridine rings is 1. The number of aliphatic imine (C=N–C) groups is 1. The third-order valence-electron chi connectivity index (χ3n) is 4.72. The van der Waals surface area contributed by atoms with E-state index in [1.807, 2.05) is 23.9 Å². The van der Waals surface area contributed by atoms with E-state index in [4.69, 9.17) is 4.99 Å². The van der Waals surface area contributed by atoms with Crippen molar-refractivity contribution < 1.29 is 0 Å². The Bertz CT molecular complexity index is 964. The van der Waals surface area contributed by atoms with Gasteiger partial charge in [0.05, 0.1) is 17.9 Å². The van der Waals surface area contributed by atoms with Crippen LogP contribution in [0.4, 0.5) is 0 Å². The Labute approximate surface area is 167 Å². The summed E-state index contributed by atoms with van der Waals surface area (Å²) in [5.74, 6) is 1.26. The summed E-state index contributed by atoms with van der Waals surface area (Å²) in [4.78, 5) is 11.6. The molecule has 1 N–H and O–H groups in total. The van der Waals surface area contributed by atoms with Gasteiger partial charge in [-0.25, -0.2) is 9.98 Å². The van der Waals surface area contributed by atoms with Gasteiger partial charge in [-0.3, -0.25) is 4.68 Å². The van der Waals surface area contributed by atoms with Crippen molar-refractivity contribution in [3.63, 3.8) is 0 Å². The number of imidazole rings is 1. The van der Waals surface area contributed by atoms with Crippen molar-refractivity contribution in [3.05, 3.63) is 53.2 Å². The molecule has 28 heavy (non-hydrogen) atoms. The van der Waals surface area contributed by atoms with Crippen molar-refractivity contribution in [2.75, 3.05) is 13.6 Å². The Morgan fingerprint density at radius 2 is 2.07 bits per heavy atom. The van der Waals surface area contributed by atoms with Crippen molar-refractivity contribution in [2.45, 2.75) is 46.7 Å². The highest BCUT2D eigenvalue weighted by Gasteiger charge is 2.15. The van der Waals surface area contributed by atoms with Gasteiger partial charge < -0.3 is 14.6 Å². The fourth-order valence-electron chi connectivity index (χ4n) is 3.39. The van der Waals surface area contributed by atoms with Crippen LogP contribution in [0.5, 0.6) is 0 Å². The van der Waals surface area contributed by atoms with Gasteiger partial charge in [-0.15, -0.1) is 0 Å². The lowest BCUT2D eigenvalue weighted by atomic mass is 10.1. The molecular formula is C21H31N7. The van der Waals surface area contributed by atoms with Crippen molar-refractivity contribution in [2.24, 2.45) is 12.0 Å². The summed E-state index contributed by atoms with van der Waals surface area (Å²) in [6.07, 6.45) is 4.16. The van der Waals surface area contributed by atoms with Gasteiger partial charge in [0.2, 0.25) is 0 Å². The predicted molar refractivity (Wildman–Crippen MR) is 114 cm³/mol. The van der Waals surface area contributed by atoms with Gasteiger partial charge in [0, 0.05) is 50.8 Å². The van der Waals surface area contributed by atoms with E-state index in [2.05, 4.69) is 77.9 Å². The highest BCUT2D eigenvalue weighted by atomic mass is 15.3. The highest BCUT2D eigenvalue weighted by Crippen LogP contribution is 2.18. The zero-order valence-corrected chi connectivity index (χ0v) is 17.8. The van der Waals surface area contributed by atoms with Gasteiger partial charge in [-0.1, -0.05) is 19.9 Å². The molecule has 3 heterocycles. The molecule has 0 amide bonds. The van der Waals surface area contributed by atoms with Gasteiger partial charge in [-0.05, 0) is 31.9 Å². The number of aromatic nitrogens is 4. The topological polar surface area (TPSA) is 62.8 Å². The molecule has 0 aliphatic carbocycles. The van der Waals surface area contributed by atoms with Crippen LogP contribution in [-0.2, 0) is 20.1 Å². The first kappa shape index (κ1) is 19.9. The van der Waals surface area contributed by atoms with Crippen LogP contribution in [0.15, 0.2) is 35.6 Å². The maximum absolute atomic E-state index is 4.81. The molecule has 0 atom stereocenters. The first-order valence-corrected chi connectivity index (χ1v) is 9.84. The lowest BCUT2D eigenvalue weighted by molar-refractivity contribution is 0.473. The summed E-state index contributed by atoms with van der Waals surface area (Å²) in [5, 5.41) is 8.00. The van der Waals surface area contributed by atoms with Crippen LogP contribution in [0, 0.1) is 6.92 Å². The minimum absolute atomic E-state index is 0.394. The maximum Gasteiger partial charge on any atom is 0.194 e. The molecule has 0 spiro atoms. The fourth-order valence-corrected chi connectivity index (χ4v) is 3.39. The van der Waals surface area contributed by atoms with E-state index >= 15 is 0 Å². The summed E-state index contributed by atoms with van der Waals surface area (Å²) in [6, 6.07) is 6.13. The van der Waals surface area contributed by atoms with Crippen molar-refractivity contribution in [1.82, 2.24) is 29.4 Å². The quantitative estimate of drug-likeness (QED) is 0.526. The number of hydrogen-bond acceptors (Lipinski definition) is 3. The van der Waals surface area contributed by atoms with Gasteiger partial charge in [0.15, 0.2) is 5.96 Å². The van der Waals surface area contributed by atoms with Crippen LogP contribution >= 0.6 is 0 Å². The Hall–Kier alpha value is -2.83. The number of hydrogen-bond donors (Lipinski definition) is 1. The molecule has 0 aliphatic rings. The summed E-state index contributed by atoms with van der Waals surface area (Å²) < 4.78 is 3.99. The molecule has 0 saturated heterocycles. The largest absolute Gasteiger partial charge is 0.357 e. The smallest absolute Gasteiger partial charge is 0.194 e. The summed E-state index contributed by atoms with van der Waals surface area (Å²) in [5.41, 5.74) is 5.46. The van der Waals surface area contributed by atoms with E-state index in [1.165, 1.54) is 11.3 Å². The van der Waals surface area contributed by atoms with Crippen LogP contribution in [-0.4, -0.2) is 43.6 Å². The van der Waals surface area contributed by atoms with E-state index in [0.717, 1.165) is 36.1 Å². The Balaban J connectivity index is 1.78. The Morgan fingerprint density at radius 3 is 2.75 bits per heavy atom. The molecule has 3 aromatic rings. The first-order valence-electron chi connectivity index (χ1n) is 9.84. The molecule has 0 unspecified atom stereocenters. The third kappa shape index (κ3) is 4.35. The van der Waals surface area contributed by atoms with E-state index in [-0.39, 0.29) is 0 Å². The molecule has 0 radical (unpaired) electrons. The number of guanidine groups is 1. The van der Waals surface area contributed by atoms with Crippen LogP contribution in [0.1, 0.15) is 49.3 Å². The Morgan fingerprint density at radius 1 is 1.29 bits per heavy atom. The molecule has 150 valence electrons. The van der Waals surface area contributed by atoms with Crippen molar-refractivity contribution >= 4 is 11.6 Å². The summed E-state index contributed by atoms with van der Waals surface area (Å²) in [7, 11) is 4.03. The lowest BCUT2D eigenvalue weighted by Crippen LogP contribution is -2.38. The van der Waals surface area contributed by atoms with E-state index in [1.54, 1.807) is 0 Å². The van der Waals surface area contributed by atoms with Gasteiger partial charge in [0.1, 0.15) is 5.65 Å². The predicted octanol–water partition coefficient (Wildman–Crippen LogP) is 3.10. The average Bonchev–Trinajstić information content (AvgIpc) is 3.22. The molecule has 0 aliphatic heterocycles. The van der Waals surface area contributed by atoms with E-state index in [0.29, 0.717) is 12.5 Å². The van der Waals surface area contributed by atoms with Crippen LogP contribution in [0.25, 0.3) is 5.65 Å². The number of fused-ring (bicyclic) bond motifs is 1. The molecule has 7 nitrogen and oxygen atoms in total. The second-order valence-corrected chi connectivity index (χ2v) is 7.52. The average molecular weight is 382 g/mol. The number of aryl methyl sites for hydroxylation is 2. The monoisotopic (exact) mass is 381 g/mol. The van der Waals surface area contributed by atoms with Crippen molar-refractivity contribution in [3.8, 4) is 0 Å². The second kappa shape index (κ2) is 8.46. The van der Waals surface area contributed by atoms with Crippen LogP contribution in [0.2, 0.25) is 0 Å². The van der Waals surface area contributed by atoms with E-state index in [9.17, 15) is 0 Å². The number of nitrogens with zero attached hydrogens (tertiary/aromatic N) is 6. The minimum Gasteiger partial charge on any atom is -0.357 e. The Kier molecular flexibility index (Phi) is 6.02. The zero-order valence-electron chi connectivity index (χ0n) is 17.8. The number of rotatable bonds is 6. The van der Waals surface area contributed by atoms with Crippen LogP contribution < -0.4 is 5.32 Å².